The number of hydrogen-bond donors (Lipinski definition) is 2. The molecular weight excluding hydrogens is 250 g/mol. The number of nitrogens with zero attached hydrogens (tertiary/aromatic N) is 1. The Balaban J connectivity index is 1.52. The fourth-order valence-electron chi connectivity index (χ4n) is 4.48. The summed E-state index contributed by atoms with van der Waals surface area (Å²) in [6.45, 7) is 5.40. The molecule has 2 aliphatic carbocycles. The Morgan fingerprint density at radius 2 is 1.95 bits per heavy atom. The molecule has 1 saturated heterocycles. The molecule has 4 nitrogen and oxygen atoms in total. The topological polar surface area (TPSA) is 58.4 Å². The zero-order chi connectivity index (χ0) is 14.3. The van der Waals surface area contributed by atoms with Gasteiger partial charge < -0.3 is 16.0 Å². The molecule has 3 fully saturated rings. The van der Waals surface area contributed by atoms with E-state index in [1.807, 2.05) is 0 Å². The van der Waals surface area contributed by atoms with Crippen molar-refractivity contribution in [2.24, 2.45) is 28.9 Å². The molecule has 4 atom stereocenters. The number of likely N-dealkylation sites (tertiary alicyclic amines) is 1. The van der Waals surface area contributed by atoms with Crippen molar-refractivity contribution in [3.05, 3.63) is 0 Å². The van der Waals surface area contributed by atoms with Crippen molar-refractivity contribution in [1.82, 2.24) is 10.2 Å². The Morgan fingerprint density at radius 3 is 2.55 bits per heavy atom. The van der Waals surface area contributed by atoms with E-state index in [1.54, 1.807) is 0 Å². The molecule has 3 N–H and O–H groups in total. The Morgan fingerprint density at radius 1 is 1.30 bits per heavy atom. The van der Waals surface area contributed by atoms with Gasteiger partial charge in [-0.05, 0) is 69.5 Å². The van der Waals surface area contributed by atoms with Crippen LogP contribution in [0.4, 0.5) is 0 Å². The maximum Gasteiger partial charge on any atom is 0.224 e. The Labute approximate surface area is 122 Å². The highest BCUT2D eigenvalue weighted by atomic mass is 16.1. The molecule has 2 saturated carbocycles. The summed E-state index contributed by atoms with van der Waals surface area (Å²) in [6.07, 6.45) is 5.97. The van der Waals surface area contributed by atoms with Crippen molar-refractivity contribution >= 4 is 5.91 Å². The molecule has 3 aliphatic rings. The first-order valence-corrected chi connectivity index (χ1v) is 8.20. The summed E-state index contributed by atoms with van der Waals surface area (Å²) in [7, 11) is 2.17. The molecule has 0 aromatic heterocycles. The number of nitrogens with two attached hydrogens (primary N) is 1. The van der Waals surface area contributed by atoms with Crippen LogP contribution in [0.5, 0.6) is 0 Å². The zero-order valence-electron chi connectivity index (χ0n) is 12.9. The molecule has 4 heteroatoms. The summed E-state index contributed by atoms with van der Waals surface area (Å²) in [5.41, 5.74) is 6.53. The van der Waals surface area contributed by atoms with Gasteiger partial charge in [-0.15, -0.1) is 0 Å². The summed E-state index contributed by atoms with van der Waals surface area (Å²) in [4.78, 5) is 14.9. The smallest absolute Gasteiger partial charge is 0.224 e. The lowest BCUT2D eigenvalue weighted by Gasteiger charge is -2.38. The van der Waals surface area contributed by atoms with E-state index in [9.17, 15) is 4.79 Å². The van der Waals surface area contributed by atoms with E-state index in [0.29, 0.717) is 11.8 Å². The van der Waals surface area contributed by atoms with Crippen LogP contribution in [0, 0.1) is 23.2 Å². The third kappa shape index (κ3) is 2.60. The quantitative estimate of drug-likeness (QED) is 0.816. The van der Waals surface area contributed by atoms with Crippen LogP contribution >= 0.6 is 0 Å². The van der Waals surface area contributed by atoms with Gasteiger partial charge in [0.1, 0.15) is 0 Å². The SMILES string of the molecule is CN1CCC(C)(CNC(=O)C2C3CCC(C3)C2N)CC1. The van der Waals surface area contributed by atoms with E-state index >= 15 is 0 Å². The fourth-order valence-corrected chi connectivity index (χ4v) is 4.48. The predicted octanol–water partition coefficient (Wildman–Crippen LogP) is 1.21. The average Bonchev–Trinajstić information content (AvgIpc) is 3.01. The second kappa shape index (κ2) is 5.30. The summed E-state index contributed by atoms with van der Waals surface area (Å²) in [5, 5.41) is 3.23. The van der Waals surface area contributed by atoms with Crippen molar-refractivity contribution in [2.45, 2.75) is 45.1 Å². The zero-order valence-corrected chi connectivity index (χ0v) is 12.9. The van der Waals surface area contributed by atoms with Gasteiger partial charge in [0.2, 0.25) is 5.91 Å². The largest absolute Gasteiger partial charge is 0.355 e. The molecule has 0 aromatic rings. The first-order chi connectivity index (χ1) is 9.48. The first-order valence-electron chi connectivity index (χ1n) is 8.20. The van der Waals surface area contributed by atoms with E-state index in [-0.39, 0.29) is 23.3 Å². The summed E-state index contributed by atoms with van der Waals surface area (Å²) in [6, 6.07) is 0.110. The average molecular weight is 279 g/mol. The van der Waals surface area contributed by atoms with Crippen LogP contribution in [0.15, 0.2) is 0 Å². The summed E-state index contributed by atoms with van der Waals surface area (Å²) in [5.74, 6) is 1.48. The summed E-state index contributed by atoms with van der Waals surface area (Å²) < 4.78 is 0. The lowest BCUT2D eigenvalue weighted by molar-refractivity contribution is -0.127. The molecule has 20 heavy (non-hydrogen) atoms. The molecule has 2 bridgehead atoms. The van der Waals surface area contributed by atoms with E-state index in [4.69, 9.17) is 5.73 Å². The van der Waals surface area contributed by atoms with Crippen LogP contribution in [0.2, 0.25) is 0 Å². The Hall–Kier alpha value is -0.610. The standard InChI is InChI=1S/C16H29N3O/c1-16(5-7-19(2)8-6-16)10-18-15(20)13-11-3-4-12(9-11)14(13)17/h11-14H,3-10,17H2,1-2H3,(H,18,20). The maximum absolute atomic E-state index is 12.5. The van der Waals surface area contributed by atoms with Crippen molar-refractivity contribution < 1.29 is 4.79 Å². The van der Waals surface area contributed by atoms with Gasteiger partial charge in [0.05, 0.1) is 5.92 Å². The molecule has 0 spiro atoms. The van der Waals surface area contributed by atoms with Gasteiger partial charge in [-0.1, -0.05) is 6.92 Å². The minimum atomic E-state index is 0.0867. The summed E-state index contributed by atoms with van der Waals surface area (Å²) >= 11 is 0. The highest BCUT2D eigenvalue weighted by molar-refractivity contribution is 5.80. The number of nitrogens with one attached hydrogen (secondary N) is 1. The third-order valence-corrected chi connectivity index (χ3v) is 6.17. The van der Waals surface area contributed by atoms with Gasteiger partial charge >= 0.3 is 0 Å². The van der Waals surface area contributed by atoms with Crippen LogP contribution in [-0.2, 0) is 4.79 Å². The number of fused-ring (bicyclic) bond motifs is 2. The minimum absolute atomic E-state index is 0.0867. The van der Waals surface area contributed by atoms with Crippen LogP contribution < -0.4 is 11.1 Å². The molecule has 1 aliphatic heterocycles. The Bertz CT molecular complexity index is 374. The molecule has 1 amide bonds. The van der Waals surface area contributed by atoms with Crippen molar-refractivity contribution in [3.8, 4) is 0 Å². The second-order valence-electron chi connectivity index (χ2n) is 7.77. The highest BCUT2D eigenvalue weighted by Crippen LogP contribution is 2.47. The minimum Gasteiger partial charge on any atom is -0.355 e. The predicted molar refractivity (Wildman–Crippen MR) is 80.1 cm³/mol. The van der Waals surface area contributed by atoms with E-state index < -0.39 is 0 Å². The van der Waals surface area contributed by atoms with Gasteiger partial charge in [-0.3, -0.25) is 4.79 Å². The Kier molecular flexibility index (Phi) is 3.80. The normalized spacial score (nSPS) is 40.0. The number of amides is 1. The van der Waals surface area contributed by atoms with Crippen molar-refractivity contribution in [1.29, 1.82) is 0 Å². The van der Waals surface area contributed by atoms with Gasteiger partial charge in [0, 0.05) is 12.6 Å². The molecule has 0 radical (unpaired) electrons. The number of hydrogen-bond acceptors (Lipinski definition) is 3. The number of rotatable bonds is 3. The van der Waals surface area contributed by atoms with Gasteiger partial charge in [-0.2, -0.15) is 0 Å². The molecule has 1 heterocycles. The van der Waals surface area contributed by atoms with Gasteiger partial charge in [0.15, 0.2) is 0 Å². The number of piperidine rings is 1. The van der Waals surface area contributed by atoms with Crippen LogP contribution in [0.3, 0.4) is 0 Å². The van der Waals surface area contributed by atoms with Crippen LogP contribution in [0.1, 0.15) is 39.0 Å². The molecule has 0 aromatic carbocycles. The van der Waals surface area contributed by atoms with Gasteiger partial charge in [-0.25, -0.2) is 0 Å². The lowest BCUT2D eigenvalue weighted by Crippen LogP contribution is -2.49. The monoisotopic (exact) mass is 279 g/mol. The number of carbonyl (C=O) groups excluding carboxylic acids is 1. The van der Waals surface area contributed by atoms with Gasteiger partial charge in [0.25, 0.3) is 0 Å². The van der Waals surface area contributed by atoms with E-state index in [0.717, 1.165) is 19.6 Å². The molecule has 4 unspecified atom stereocenters. The number of carbonyl (C=O) groups is 1. The maximum atomic E-state index is 12.5. The first kappa shape index (κ1) is 14.3. The van der Waals surface area contributed by atoms with Crippen LogP contribution in [0.25, 0.3) is 0 Å². The van der Waals surface area contributed by atoms with Crippen molar-refractivity contribution in [2.75, 3.05) is 26.7 Å². The molecular formula is C16H29N3O. The molecule has 3 rings (SSSR count). The highest BCUT2D eigenvalue weighted by Gasteiger charge is 2.49. The second-order valence-corrected chi connectivity index (χ2v) is 7.77. The fraction of sp³-hybridized carbons (Fsp3) is 0.938. The van der Waals surface area contributed by atoms with E-state index in [1.165, 1.54) is 32.1 Å². The molecule has 114 valence electrons. The van der Waals surface area contributed by atoms with E-state index in [2.05, 4.69) is 24.2 Å². The van der Waals surface area contributed by atoms with Crippen LogP contribution in [-0.4, -0.2) is 43.5 Å². The lowest BCUT2D eigenvalue weighted by atomic mass is 9.79. The third-order valence-electron chi connectivity index (χ3n) is 6.17. The van der Waals surface area contributed by atoms with Crippen molar-refractivity contribution in [3.63, 3.8) is 0 Å².